The molecular weight excluding hydrogens is 298 g/mol. The standard InChI is InChI=1S/C12H13BrN3O2/c1-12(2,3)18-11(17)15-10-4-7-6-14-16-9(7)5-8(10)13/h4-6H,1-3H3,(H,15,17). The van der Waals surface area contributed by atoms with Crippen molar-refractivity contribution in [1.82, 2.24) is 5.43 Å². The number of nitrogens with zero attached hydrogens (tertiary/aromatic N) is 2. The fourth-order valence-electron chi connectivity index (χ4n) is 1.43. The number of carbonyl (C=O) groups is 1. The van der Waals surface area contributed by atoms with Crippen molar-refractivity contribution in [3.63, 3.8) is 0 Å². The van der Waals surface area contributed by atoms with Gasteiger partial charge >= 0.3 is 6.09 Å². The second-order valence-electron chi connectivity index (χ2n) is 4.86. The number of anilines is 1. The summed E-state index contributed by atoms with van der Waals surface area (Å²) in [5.74, 6) is 0. The molecule has 0 saturated heterocycles. The Kier molecular flexibility index (Phi) is 3.30. The molecule has 1 aliphatic heterocycles. The molecule has 0 aliphatic carbocycles. The Labute approximate surface area is 113 Å². The molecule has 1 aliphatic rings. The minimum absolute atomic E-state index is 0.491. The van der Waals surface area contributed by atoms with E-state index in [0.29, 0.717) is 5.69 Å². The summed E-state index contributed by atoms with van der Waals surface area (Å²) in [5, 5.41) is 8.26. The van der Waals surface area contributed by atoms with Crippen molar-refractivity contribution in [2.45, 2.75) is 26.4 Å². The molecule has 95 valence electrons. The van der Waals surface area contributed by atoms with Gasteiger partial charge in [0.15, 0.2) is 0 Å². The highest BCUT2D eigenvalue weighted by atomic mass is 79.9. The first-order valence-corrected chi connectivity index (χ1v) is 6.22. The van der Waals surface area contributed by atoms with Crippen molar-refractivity contribution in [3.05, 3.63) is 27.2 Å². The highest BCUT2D eigenvalue weighted by Gasteiger charge is 2.17. The smallest absolute Gasteiger partial charge is 0.412 e. The average Bonchev–Trinajstić information content (AvgIpc) is 2.62. The molecule has 2 rings (SSSR count). The maximum atomic E-state index is 11.7. The molecule has 1 aromatic carbocycles. The van der Waals surface area contributed by atoms with Crippen LogP contribution in [0.5, 0.6) is 0 Å². The lowest BCUT2D eigenvalue weighted by atomic mass is 10.2. The van der Waals surface area contributed by atoms with Gasteiger partial charge in [0.2, 0.25) is 0 Å². The van der Waals surface area contributed by atoms with Crippen LogP contribution in [0.1, 0.15) is 20.8 Å². The third-order valence-electron chi connectivity index (χ3n) is 2.11. The molecule has 0 bridgehead atoms. The van der Waals surface area contributed by atoms with E-state index in [0.717, 1.165) is 15.0 Å². The van der Waals surface area contributed by atoms with Crippen LogP contribution < -0.4 is 21.3 Å². The van der Waals surface area contributed by atoms with Crippen LogP contribution in [0.4, 0.5) is 10.5 Å². The molecule has 0 atom stereocenters. The summed E-state index contributed by atoms with van der Waals surface area (Å²) >= 11 is 3.37. The molecule has 5 nitrogen and oxygen atoms in total. The molecule has 1 aromatic rings. The Morgan fingerprint density at radius 1 is 1.39 bits per heavy atom. The monoisotopic (exact) mass is 310 g/mol. The second kappa shape index (κ2) is 4.61. The van der Waals surface area contributed by atoms with E-state index in [1.54, 1.807) is 18.3 Å². The fraction of sp³-hybridized carbons (Fsp3) is 0.333. The highest BCUT2D eigenvalue weighted by molar-refractivity contribution is 9.10. The molecular formula is C12H13BrN3O2. The van der Waals surface area contributed by atoms with E-state index in [9.17, 15) is 4.79 Å². The number of halogens is 1. The predicted molar refractivity (Wildman–Crippen MR) is 71.4 cm³/mol. The highest BCUT2D eigenvalue weighted by Crippen LogP contribution is 2.19. The van der Waals surface area contributed by atoms with Gasteiger partial charge < -0.3 is 4.74 Å². The topological polar surface area (TPSA) is 64.8 Å². The Hall–Kier alpha value is -1.56. The van der Waals surface area contributed by atoms with E-state index in [2.05, 4.69) is 31.8 Å². The van der Waals surface area contributed by atoms with Crippen molar-refractivity contribution in [1.29, 1.82) is 0 Å². The van der Waals surface area contributed by atoms with Gasteiger partial charge in [-0.1, -0.05) is 0 Å². The fourth-order valence-corrected chi connectivity index (χ4v) is 1.86. The molecule has 0 fully saturated rings. The third-order valence-corrected chi connectivity index (χ3v) is 2.77. The summed E-state index contributed by atoms with van der Waals surface area (Å²) in [6, 6.07) is 3.60. The summed E-state index contributed by atoms with van der Waals surface area (Å²) in [6.07, 6.45) is 1.15. The molecule has 0 unspecified atom stereocenters. The van der Waals surface area contributed by atoms with Gasteiger partial charge in [0.25, 0.3) is 0 Å². The SMILES string of the molecule is CC(C)(C)OC(=O)Nc1cc2c(cc1Br)=N[N]C=2. The quantitative estimate of drug-likeness (QED) is 0.858. The Bertz CT molecular complexity index is 605. The van der Waals surface area contributed by atoms with Crippen molar-refractivity contribution in [3.8, 4) is 0 Å². The van der Waals surface area contributed by atoms with Gasteiger partial charge in [-0.15, -0.1) is 0 Å². The van der Waals surface area contributed by atoms with Crippen molar-refractivity contribution in [2.24, 2.45) is 5.10 Å². The third kappa shape index (κ3) is 3.01. The molecule has 1 heterocycles. The zero-order valence-corrected chi connectivity index (χ0v) is 11.9. The van der Waals surface area contributed by atoms with Gasteiger partial charge in [-0.2, -0.15) is 10.5 Å². The zero-order chi connectivity index (χ0) is 13.3. The largest absolute Gasteiger partial charge is 0.444 e. The maximum absolute atomic E-state index is 11.7. The van der Waals surface area contributed by atoms with Crippen LogP contribution in [0.3, 0.4) is 0 Å². The summed E-state index contributed by atoms with van der Waals surface area (Å²) < 4.78 is 5.93. The Morgan fingerprint density at radius 2 is 2.11 bits per heavy atom. The zero-order valence-electron chi connectivity index (χ0n) is 10.3. The molecule has 6 heteroatoms. The summed E-state index contributed by atoms with van der Waals surface area (Å²) in [7, 11) is 0. The number of hydrogen-bond donors (Lipinski definition) is 1. The Morgan fingerprint density at radius 3 is 2.78 bits per heavy atom. The molecule has 1 radical (unpaired) electrons. The van der Waals surface area contributed by atoms with Crippen LogP contribution in [-0.4, -0.2) is 11.7 Å². The van der Waals surface area contributed by atoms with Gasteiger partial charge in [-0.3, -0.25) is 5.32 Å². The van der Waals surface area contributed by atoms with Gasteiger partial charge in [0.1, 0.15) is 5.60 Å². The van der Waals surface area contributed by atoms with E-state index in [-0.39, 0.29) is 0 Å². The summed E-state index contributed by atoms with van der Waals surface area (Å²) in [4.78, 5) is 11.7. The number of ether oxygens (including phenoxy) is 1. The molecule has 0 aromatic heterocycles. The maximum Gasteiger partial charge on any atom is 0.412 e. The van der Waals surface area contributed by atoms with Crippen molar-refractivity contribution < 1.29 is 9.53 Å². The van der Waals surface area contributed by atoms with Crippen LogP contribution in [0.25, 0.3) is 6.20 Å². The first-order valence-electron chi connectivity index (χ1n) is 5.43. The van der Waals surface area contributed by atoms with E-state index in [1.165, 1.54) is 0 Å². The summed E-state index contributed by atoms with van der Waals surface area (Å²) in [6.45, 7) is 5.45. The van der Waals surface area contributed by atoms with E-state index in [1.807, 2.05) is 20.8 Å². The van der Waals surface area contributed by atoms with Crippen LogP contribution in [-0.2, 0) is 4.74 Å². The minimum Gasteiger partial charge on any atom is -0.444 e. The van der Waals surface area contributed by atoms with Crippen molar-refractivity contribution >= 4 is 33.9 Å². The molecule has 1 N–H and O–H groups in total. The van der Waals surface area contributed by atoms with Crippen LogP contribution in [0.2, 0.25) is 0 Å². The van der Waals surface area contributed by atoms with Crippen LogP contribution in [0.15, 0.2) is 21.7 Å². The van der Waals surface area contributed by atoms with Crippen LogP contribution in [0, 0.1) is 0 Å². The number of rotatable bonds is 1. The Balaban J connectivity index is 2.21. The first kappa shape index (κ1) is 12.9. The minimum atomic E-state index is -0.524. The number of hydrogen-bond acceptors (Lipinski definition) is 3. The first-order chi connectivity index (χ1) is 8.35. The van der Waals surface area contributed by atoms with Crippen molar-refractivity contribution in [2.75, 3.05) is 5.32 Å². The average molecular weight is 311 g/mol. The summed E-state index contributed by atoms with van der Waals surface area (Å²) in [5.41, 5.74) is 3.91. The van der Waals surface area contributed by atoms with E-state index >= 15 is 0 Å². The van der Waals surface area contributed by atoms with Gasteiger partial charge in [0.05, 0.1) is 17.2 Å². The lowest BCUT2D eigenvalue weighted by Crippen LogP contribution is -2.28. The predicted octanol–water partition coefficient (Wildman–Crippen LogP) is 1.69. The number of nitrogens with one attached hydrogen (secondary N) is 1. The number of fused-ring (bicyclic) bond motifs is 1. The van der Waals surface area contributed by atoms with Crippen LogP contribution >= 0.6 is 15.9 Å². The lowest BCUT2D eigenvalue weighted by Gasteiger charge is -2.19. The number of carbonyl (C=O) groups excluding carboxylic acids is 1. The molecule has 0 saturated carbocycles. The van der Waals surface area contributed by atoms with Gasteiger partial charge in [0, 0.05) is 9.69 Å². The van der Waals surface area contributed by atoms with Gasteiger partial charge in [-0.25, -0.2) is 4.79 Å². The lowest BCUT2D eigenvalue weighted by molar-refractivity contribution is 0.0636. The van der Waals surface area contributed by atoms with E-state index < -0.39 is 11.7 Å². The van der Waals surface area contributed by atoms with Gasteiger partial charge in [-0.05, 0) is 48.8 Å². The number of amides is 1. The molecule has 0 spiro atoms. The van der Waals surface area contributed by atoms with E-state index in [4.69, 9.17) is 4.74 Å². The normalized spacial score (nSPS) is 12.9. The number of benzene rings is 1. The molecule has 18 heavy (non-hydrogen) atoms. The molecule has 1 amide bonds. The second-order valence-corrected chi connectivity index (χ2v) is 5.72.